The molecule has 2 rings (SSSR count). The van der Waals surface area contributed by atoms with Crippen LogP contribution in [0.5, 0.6) is 0 Å². The van der Waals surface area contributed by atoms with Gasteiger partial charge in [-0.05, 0) is 51.7 Å². The molecule has 0 atom stereocenters. The van der Waals surface area contributed by atoms with Crippen LogP contribution in [0, 0.1) is 0 Å². The number of hydrogen-bond acceptors (Lipinski definition) is 3. The number of hydrogen-bond donors (Lipinski definition) is 1. The highest BCUT2D eigenvalue weighted by Crippen LogP contribution is 2.36. The summed E-state index contributed by atoms with van der Waals surface area (Å²) < 4.78 is 12.1. The first-order valence-corrected chi connectivity index (χ1v) is 7.05. The lowest BCUT2D eigenvalue weighted by Gasteiger charge is -2.32. The van der Waals surface area contributed by atoms with E-state index in [0.717, 1.165) is 24.1 Å². The zero-order valence-electron chi connectivity index (χ0n) is 12.6. The fourth-order valence-electron chi connectivity index (χ4n) is 2.01. The van der Waals surface area contributed by atoms with Crippen LogP contribution in [0.15, 0.2) is 24.3 Å². The molecule has 1 saturated heterocycles. The van der Waals surface area contributed by atoms with Crippen molar-refractivity contribution in [1.29, 1.82) is 0 Å². The first kappa shape index (κ1) is 14.4. The third-order valence-corrected chi connectivity index (χ3v) is 4.02. The van der Waals surface area contributed by atoms with Crippen LogP contribution in [0.3, 0.4) is 0 Å². The molecule has 0 aliphatic carbocycles. The molecule has 1 aliphatic rings. The topological polar surface area (TPSA) is 30.5 Å². The molecule has 0 unspecified atom stereocenters. The van der Waals surface area contributed by atoms with E-state index in [1.165, 1.54) is 0 Å². The largest absolute Gasteiger partial charge is 0.494 e. The predicted octanol–water partition coefficient (Wildman–Crippen LogP) is 2.81. The normalized spacial score (nSPS) is 20.6. The second-order valence-corrected chi connectivity index (χ2v) is 6.14. The molecule has 1 aromatic carbocycles. The summed E-state index contributed by atoms with van der Waals surface area (Å²) >= 11 is 0. The van der Waals surface area contributed by atoms with Gasteiger partial charge in [-0.3, -0.25) is 0 Å². The van der Waals surface area contributed by atoms with E-state index >= 15 is 0 Å². The van der Waals surface area contributed by atoms with Gasteiger partial charge in [0.1, 0.15) is 0 Å². The van der Waals surface area contributed by atoms with Gasteiger partial charge in [0.05, 0.1) is 11.2 Å². The van der Waals surface area contributed by atoms with E-state index in [0.29, 0.717) is 0 Å². The Morgan fingerprint density at radius 3 is 2.00 bits per heavy atom. The van der Waals surface area contributed by atoms with Crippen LogP contribution in [-0.2, 0) is 9.31 Å². The monoisotopic (exact) mass is 261 g/mol. The van der Waals surface area contributed by atoms with Crippen molar-refractivity contribution in [2.75, 3.05) is 11.9 Å². The molecule has 3 nitrogen and oxygen atoms in total. The van der Waals surface area contributed by atoms with E-state index < -0.39 is 0 Å². The minimum Gasteiger partial charge on any atom is -0.399 e. The molecule has 4 heteroatoms. The summed E-state index contributed by atoms with van der Waals surface area (Å²) in [5.41, 5.74) is 1.65. The molecule has 1 heterocycles. The number of rotatable bonds is 4. The highest BCUT2D eigenvalue weighted by Gasteiger charge is 2.51. The molecule has 0 radical (unpaired) electrons. The summed E-state index contributed by atoms with van der Waals surface area (Å²) in [6.07, 6.45) is 1.12. The zero-order chi connectivity index (χ0) is 14.1. The van der Waals surface area contributed by atoms with Crippen molar-refractivity contribution < 1.29 is 9.31 Å². The number of nitrogens with one attached hydrogen (secondary N) is 1. The van der Waals surface area contributed by atoms with Gasteiger partial charge in [-0.2, -0.15) is 0 Å². The van der Waals surface area contributed by atoms with Crippen molar-refractivity contribution >= 4 is 18.3 Å². The van der Waals surface area contributed by atoms with E-state index in [9.17, 15) is 0 Å². The maximum absolute atomic E-state index is 6.03. The van der Waals surface area contributed by atoms with Gasteiger partial charge >= 0.3 is 7.12 Å². The molecule has 1 N–H and O–H groups in total. The third-order valence-electron chi connectivity index (χ3n) is 4.02. The van der Waals surface area contributed by atoms with Crippen molar-refractivity contribution in [3.8, 4) is 0 Å². The summed E-state index contributed by atoms with van der Waals surface area (Å²) in [5, 5.41) is 3.36. The Balaban J connectivity index is 2.08. The standard InChI is InChI=1S/C15H24BNO2/c1-6-11-17-13-9-7-12(8-10-13)16-18-14(2,3)15(4,5)19-16/h7-10,17H,6,11H2,1-5H3. The van der Waals surface area contributed by atoms with Crippen LogP contribution < -0.4 is 10.8 Å². The highest BCUT2D eigenvalue weighted by atomic mass is 16.7. The molecular formula is C15H24BNO2. The Morgan fingerprint density at radius 1 is 1.00 bits per heavy atom. The van der Waals surface area contributed by atoms with Gasteiger partial charge in [0.2, 0.25) is 0 Å². The maximum atomic E-state index is 6.03. The van der Waals surface area contributed by atoms with Crippen molar-refractivity contribution in [2.45, 2.75) is 52.2 Å². The molecule has 1 aliphatic heterocycles. The Kier molecular flexibility index (Phi) is 3.93. The average Bonchev–Trinajstić information content (AvgIpc) is 2.56. The van der Waals surface area contributed by atoms with E-state index in [1.807, 2.05) is 0 Å². The minimum atomic E-state index is -0.281. The van der Waals surface area contributed by atoms with Crippen molar-refractivity contribution in [2.24, 2.45) is 0 Å². The first-order valence-electron chi connectivity index (χ1n) is 7.05. The molecule has 0 aromatic heterocycles. The van der Waals surface area contributed by atoms with Crippen molar-refractivity contribution in [1.82, 2.24) is 0 Å². The summed E-state index contributed by atoms with van der Waals surface area (Å²) in [5.74, 6) is 0. The Labute approximate surface area is 116 Å². The molecular weight excluding hydrogens is 237 g/mol. The van der Waals surface area contributed by atoms with Gasteiger partial charge in [0, 0.05) is 12.2 Å². The lowest BCUT2D eigenvalue weighted by atomic mass is 9.79. The van der Waals surface area contributed by atoms with Crippen LogP contribution in [0.25, 0.3) is 0 Å². The molecule has 1 fully saturated rings. The van der Waals surface area contributed by atoms with Gasteiger partial charge in [0.25, 0.3) is 0 Å². The Hall–Kier alpha value is -0.995. The molecule has 0 bridgehead atoms. The lowest BCUT2D eigenvalue weighted by Crippen LogP contribution is -2.41. The van der Waals surface area contributed by atoms with E-state index in [1.54, 1.807) is 0 Å². The Bertz CT molecular complexity index is 412. The van der Waals surface area contributed by atoms with Gasteiger partial charge < -0.3 is 14.6 Å². The zero-order valence-corrected chi connectivity index (χ0v) is 12.6. The fraction of sp³-hybridized carbons (Fsp3) is 0.600. The van der Waals surface area contributed by atoms with Gasteiger partial charge in [-0.1, -0.05) is 19.1 Å². The number of benzene rings is 1. The van der Waals surface area contributed by atoms with Crippen LogP contribution >= 0.6 is 0 Å². The van der Waals surface area contributed by atoms with Crippen LogP contribution in [0.2, 0.25) is 0 Å². The summed E-state index contributed by atoms with van der Waals surface area (Å²) in [7, 11) is -0.273. The fourth-order valence-corrected chi connectivity index (χ4v) is 2.01. The quantitative estimate of drug-likeness (QED) is 0.845. The second-order valence-electron chi connectivity index (χ2n) is 6.14. The van der Waals surface area contributed by atoms with Gasteiger partial charge in [-0.25, -0.2) is 0 Å². The Morgan fingerprint density at radius 2 is 1.53 bits per heavy atom. The predicted molar refractivity (Wildman–Crippen MR) is 80.9 cm³/mol. The highest BCUT2D eigenvalue weighted by molar-refractivity contribution is 6.62. The lowest BCUT2D eigenvalue weighted by molar-refractivity contribution is 0.00578. The third kappa shape index (κ3) is 2.95. The SMILES string of the molecule is CCCNc1ccc(B2OC(C)(C)C(C)(C)O2)cc1. The maximum Gasteiger partial charge on any atom is 0.494 e. The van der Waals surface area contributed by atoms with Crippen molar-refractivity contribution in [3.05, 3.63) is 24.3 Å². The van der Waals surface area contributed by atoms with Crippen molar-refractivity contribution in [3.63, 3.8) is 0 Å². The van der Waals surface area contributed by atoms with Gasteiger partial charge in [0.15, 0.2) is 0 Å². The molecule has 0 spiro atoms. The smallest absolute Gasteiger partial charge is 0.399 e. The summed E-state index contributed by atoms with van der Waals surface area (Å²) in [6, 6.07) is 8.30. The molecule has 0 saturated carbocycles. The number of anilines is 1. The van der Waals surface area contributed by atoms with Crippen LogP contribution in [0.1, 0.15) is 41.0 Å². The molecule has 1 aromatic rings. The molecule has 0 amide bonds. The first-order chi connectivity index (χ1) is 8.86. The summed E-state index contributed by atoms with van der Waals surface area (Å²) in [6.45, 7) is 11.4. The summed E-state index contributed by atoms with van der Waals surface area (Å²) in [4.78, 5) is 0. The van der Waals surface area contributed by atoms with Crippen LogP contribution in [-0.4, -0.2) is 24.9 Å². The van der Waals surface area contributed by atoms with E-state index in [4.69, 9.17) is 9.31 Å². The van der Waals surface area contributed by atoms with Gasteiger partial charge in [-0.15, -0.1) is 0 Å². The second kappa shape index (κ2) is 5.18. The minimum absolute atomic E-state index is 0.273. The molecule has 19 heavy (non-hydrogen) atoms. The average molecular weight is 261 g/mol. The molecule has 104 valence electrons. The van der Waals surface area contributed by atoms with Crippen LogP contribution in [0.4, 0.5) is 5.69 Å². The van der Waals surface area contributed by atoms with E-state index in [-0.39, 0.29) is 18.3 Å². The van der Waals surface area contributed by atoms with E-state index in [2.05, 4.69) is 64.2 Å².